The highest BCUT2D eigenvalue weighted by Gasteiger charge is 2.24. The Hall–Kier alpha value is -3.65. The van der Waals surface area contributed by atoms with Crippen molar-refractivity contribution in [3.8, 4) is 5.69 Å². The number of hydrogen-bond donors (Lipinski definition) is 3. The van der Waals surface area contributed by atoms with Crippen LogP contribution in [0.5, 0.6) is 0 Å². The van der Waals surface area contributed by atoms with Crippen molar-refractivity contribution >= 4 is 18.0 Å². The molecule has 4 N–H and O–H groups in total. The Balaban J connectivity index is 1.48. The van der Waals surface area contributed by atoms with Crippen molar-refractivity contribution < 1.29 is 9.90 Å². The first kappa shape index (κ1) is 21.6. The van der Waals surface area contributed by atoms with E-state index in [0.29, 0.717) is 5.84 Å². The molecule has 2 aromatic heterocycles. The maximum atomic E-state index is 11.0. The molecule has 0 bridgehead atoms. The first-order valence-electron chi connectivity index (χ1n) is 10.7. The van der Waals surface area contributed by atoms with Crippen molar-refractivity contribution in [2.24, 2.45) is 5.73 Å². The molecule has 1 aliphatic rings. The van der Waals surface area contributed by atoms with Crippen LogP contribution in [0.3, 0.4) is 0 Å². The average molecular weight is 433 g/mol. The van der Waals surface area contributed by atoms with Gasteiger partial charge in [-0.3, -0.25) is 5.41 Å². The first-order chi connectivity index (χ1) is 15.3. The summed E-state index contributed by atoms with van der Waals surface area (Å²) in [4.78, 5) is 13.1. The Kier molecular flexibility index (Phi) is 5.96. The Labute approximate surface area is 187 Å². The number of nitrogens with zero attached hydrogens (tertiary/aromatic N) is 4. The molecule has 4 rings (SSSR count). The monoisotopic (exact) mass is 432 g/mol. The van der Waals surface area contributed by atoms with Gasteiger partial charge in [-0.2, -0.15) is 5.10 Å². The van der Waals surface area contributed by atoms with E-state index in [0.717, 1.165) is 42.0 Å². The Morgan fingerprint density at radius 2 is 2.00 bits per heavy atom. The lowest BCUT2D eigenvalue weighted by Crippen LogP contribution is -2.33. The maximum absolute atomic E-state index is 11.0. The van der Waals surface area contributed by atoms with Gasteiger partial charge in [0.2, 0.25) is 0 Å². The van der Waals surface area contributed by atoms with Gasteiger partial charge in [-0.25, -0.2) is 9.48 Å². The van der Waals surface area contributed by atoms with E-state index in [-0.39, 0.29) is 17.7 Å². The molecule has 166 valence electrons. The summed E-state index contributed by atoms with van der Waals surface area (Å²) in [5.74, 6) is -0.373. The van der Waals surface area contributed by atoms with E-state index in [1.165, 1.54) is 6.07 Å². The zero-order valence-corrected chi connectivity index (χ0v) is 18.3. The SMILES string of the molecule is Cc1ccn(/C=C\C(C)c2ccc(-n3ccc(C(=O)O)n3)cc2)c1C(=N)N1CC[C@H](N)C1. The Morgan fingerprint density at radius 1 is 1.25 bits per heavy atom. The number of nitrogens with two attached hydrogens (primary N) is 1. The summed E-state index contributed by atoms with van der Waals surface area (Å²) in [6, 6.07) is 11.5. The van der Waals surface area contributed by atoms with Crippen LogP contribution in [0.4, 0.5) is 0 Å². The van der Waals surface area contributed by atoms with Gasteiger partial charge in [0.05, 0.1) is 11.4 Å². The van der Waals surface area contributed by atoms with E-state index in [1.54, 1.807) is 10.9 Å². The molecule has 0 aliphatic carbocycles. The highest BCUT2D eigenvalue weighted by Crippen LogP contribution is 2.21. The van der Waals surface area contributed by atoms with Gasteiger partial charge >= 0.3 is 5.97 Å². The number of carboxylic acids is 1. The molecule has 3 aromatic rings. The number of allylic oxidation sites excluding steroid dienone is 1. The number of nitrogens with one attached hydrogen (secondary N) is 1. The topological polar surface area (TPSA) is 113 Å². The Morgan fingerprint density at radius 3 is 2.62 bits per heavy atom. The third-order valence-electron chi connectivity index (χ3n) is 5.91. The second kappa shape index (κ2) is 8.84. The van der Waals surface area contributed by atoms with Crippen LogP contribution in [-0.4, -0.2) is 55.3 Å². The minimum absolute atomic E-state index is 0.0182. The largest absolute Gasteiger partial charge is 0.476 e. The molecule has 1 unspecified atom stereocenters. The highest BCUT2D eigenvalue weighted by atomic mass is 16.4. The third kappa shape index (κ3) is 4.36. The fraction of sp³-hybridized carbons (Fsp3) is 0.292. The highest BCUT2D eigenvalue weighted by molar-refractivity contribution is 5.97. The van der Waals surface area contributed by atoms with Crippen LogP contribution in [0.15, 0.2) is 54.9 Å². The van der Waals surface area contributed by atoms with Crippen LogP contribution >= 0.6 is 0 Å². The molecular weight excluding hydrogens is 404 g/mol. The van der Waals surface area contributed by atoms with Crippen LogP contribution in [0.25, 0.3) is 11.9 Å². The molecule has 0 radical (unpaired) electrons. The maximum Gasteiger partial charge on any atom is 0.356 e. The van der Waals surface area contributed by atoms with Crippen molar-refractivity contribution in [1.82, 2.24) is 19.2 Å². The molecule has 0 amide bonds. The van der Waals surface area contributed by atoms with Gasteiger partial charge < -0.3 is 20.3 Å². The van der Waals surface area contributed by atoms with Crippen molar-refractivity contribution in [3.05, 3.63) is 77.4 Å². The predicted molar refractivity (Wildman–Crippen MR) is 124 cm³/mol. The molecular formula is C24H28N6O2. The second-order valence-electron chi connectivity index (χ2n) is 8.27. The minimum atomic E-state index is -1.04. The van der Waals surface area contributed by atoms with Gasteiger partial charge in [-0.15, -0.1) is 0 Å². The second-order valence-corrected chi connectivity index (χ2v) is 8.27. The van der Waals surface area contributed by atoms with Crippen molar-refractivity contribution in [1.29, 1.82) is 5.41 Å². The molecule has 0 spiro atoms. The fourth-order valence-corrected chi connectivity index (χ4v) is 3.97. The lowest BCUT2D eigenvalue weighted by Gasteiger charge is -2.20. The molecule has 8 nitrogen and oxygen atoms in total. The zero-order chi connectivity index (χ0) is 22.8. The molecule has 32 heavy (non-hydrogen) atoms. The van der Waals surface area contributed by atoms with E-state index in [2.05, 4.69) is 18.1 Å². The number of benzene rings is 1. The van der Waals surface area contributed by atoms with Crippen LogP contribution in [0, 0.1) is 12.3 Å². The van der Waals surface area contributed by atoms with Gasteiger partial charge in [-0.1, -0.05) is 25.1 Å². The number of aryl methyl sites for hydroxylation is 1. The average Bonchev–Trinajstić information content (AvgIpc) is 3.52. The van der Waals surface area contributed by atoms with E-state index < -0.39 is 5.97 Å². The summed E-state index contributed by atoms with van der Waals surface area (Å²) in [7, 11) is 0. The number of rotatable bonds is 6. The van der Waals surface area contributed by atoms with Gasteiger partial charge in [0, 0.05) is 43.6 Å². The number of aromatic nitrogens is 3. The van der Waals surface area contributed by atoms with Crippen molar-refractivity contribution in [2.75, 3.05) is 13.1 Å². The van der Waals surface area contributed by atoms with Crippen LogP contribution in [0.1, 0.15) is 46.6 Å². The molecule has 8 heteroatoms. The van der Waals surface area contributed by atoms with Crippen LogP contribution in [0.2, 0.25) is 0 Å². The lowest BCUT2D eigenvalue weighted by molar-refractivity contribution is 0.0690. The molecule has 1 fully saturated rings. The standard InChI is InChI=1S/C24H28N6O2/c1-16(18-3-5-20(6-4-18)30-14-10-21(27-30)24(31)32)7-11-28-12-8-17(2)22(28)23(26)29-13-9-19(25)15-29/h3-8,10-12,14,16,19,26H,9,13,15,25H2,1-2H3,(H,31,32)/b11-7-,26-23?/t16?,19-/m0/s1. The molecule has 2 atom stereocenters. The summed E-state index contributed by atoms with van der Waals surface area (Å²) in [5.41, 5.74) is 9.94. The van der Waals surface area contributed by atoms with E-state index in [4.69, 9.17) is 16.2 Å². The van der Waals surface area contributed by atoms with Crippen LogP contribution in [-0.2, 0) is 0 Å². The normalized spacial score (nSPS) is 17.2. The van der Waals surface area contributed by atoms with E-state index in [1.807, 2.05) is 59.1 Å². The van der Waals surface area contributed by atoms with Gasteiger partial charge in [0.15, 0.2) is 5.69 Å². The summed E-state index contributed by atoms with van der Waals surface area (Å²) < 4.78 is 3.56. The van der Waals surface area contributed by atoms with Crippen molar-refractivity contribution in [2.45, 2.75) is 32.2 Å². The van der Waals surface area contributed by atoms with Crippen molar-refractivity contribution in [3.63, 3.8) is 0 Å². The summed E-state index contributed by atoms with van der Waals surface area (Å²) in [6.07, 6.45) is 8.66. The molecule has 1 saturated heterocycles. The summed E-state index contributed by atoms with van der Waals surface area (Å²) in [6.45, 7) is 5.68. The summed E-state index contributed by atoms with van der Waals surface area (Å²) in [5, 5.41) is 21.8. The molecule has 0 saturated carbocycles. The fourth-order valence-electron chi connectivity index (χ4n) is 3.97. The van der Waals surface area contributed by atoms with Crippen LogP contribution < -0.4 is 5.73 Å². The minimum Gasteiger partial charge on any atom is -0.476 e. The zero-order valence-electron chi connectivity index (χ0n) is 18.3. The molecule has 1 aromatic carbocycles. The first-order valence-corrected chi connectivity index (χ1v) is 10.7. The van der Waals surface area contributed by atoms with E-state index in [9.17, 15) is 4.79 Å². The van der Waals surface area contributed by atoms with Gasteiger partial charge in [0.1, 0.15) is 5.84 Å². The predicted octanol–water partition coefficient (Wildman–Crippen LogP) is 3.31. The number of carboxylic acid groups (broad SMARTS) is 1. The smallest absolute Gasteiger partial charge is 0.356 e. The summed E-state index contributed by atoms with van der Waals surface area (Å²) >= 11 is 0. The molecule has 1 aliphatic heterocycles. The number of amidine groups is 1. The third-order valence-corrected chi connectivity index (χ3v) is 5.91. The van der Waals surface area contributed by atoms with Gasteiger partial charge in [0.25, 0.3) is 0 Å². The number of hydrogen-bond acceptors (Lipinski definition) is 4. The quantitative estimate of drug-likeness (QED) is 0.409. The van der Waals surface area contributed by atoms with Gasteiger partial charge in [-0.05, 0) is 48.7 Å². The molecule has 3 heterocycles. The lowest BCUT2D eigenvalue weighted by atomic mass is 10.0. The Bertz CT molecular complexity index is 1160. The number of aromatic carboxylic acids is 1. The van der Waals surface area contributed by atoms with E-state index >= 15 is 0 Å². The number of likely N-dealkylation sites (tertiary alicyclic amines) is 1. The number of carbonyl (C=O) groups is 1.